The molecule has 1 amide bonds. The molecule has 8 nitrogen and oxygen atoms in total. The van der Waals surface area contributed by atoms with E-state index in [0.29, 0.717) is 16.7 Å². The number of aromatic nitrogens is 4. The van der Waals surface area contributed by atoms with E-state index < -0.39 is 0 Å². The summed E-state index contributed by atoms with van der Waals surface area (Å²) in [5.74, 6) is 1.36. The molecule has 0 bridgehead atoms. The van der Waals surface area contributed by atoms with Crippen molar-refractivity contribution in [1.82, 2.24) is 30.6 Å². The van der Waals surface area contributed by atoms with Crippen molar-refractivity contribution in [3.8, 4) is 22.8 Å². The van der Waals surface area contributed by atoms with E-state index in [-0.39, 0.29) is 17.1 Å². The van der Waals surface area contributed by atoms with E-state index in [9.17, 15) is 4.79 Å². The van der Waals surface area contributed by atoms with Crippen LogP contribution in [0, 0.1) is 0 Å². The zero-order valence-corrected chi connectivity index (χ0v) is 22.2. The van der Waals surface area contributed by atoms with Gasteiger partial charge in [0.25, 0.3) is 0 Å². The van der Waals surface area contributed by atoms with Gasteiger partial charge in [0.2, 0.25) is 5.91 Å². The minimum Gasteiger partial charge on any atom is -0.497 e. The second-order valence-corrected chi connectivity index (χ2v) is 10.3. The molecule has 2 aromatic heterocycles. The number of nitrogens with zero attached hydrogens (tertiary/aromatic N) is 4. The van der Waals surface area contributed by atoms with Gasteiger partial charge in [-0.05, 0) is 47.4 Å². The first-order chi connectivity index (χ1) is 17.8. The molecule has 0 saturated carbocycles. The molecule has 0 fully saturated rings. The average molecular weight is 515 g/mol. The Labute approximate surface area is 221 Å². The van der Waals surface area contributed by atoms with E-state index >= 15 is 0 Å². The summed E-state index contributed by atoms with van der Waals surface area (Å²) in [6.45, 7) is 10.5. The Kier molecular flexibility index (Phi) is 7.93. The molecule has 9 heteroatoms. The summed E-state index contributed by atoms with van der Waals surface area (Å²) in [5, 5.41) is 9.50. The quantitative estimate of drug-likeness (QED) is 0.239. The van der Waals surface area contributed by atoms with E-state index in [0.717, 1.165) is 22.6 Å². The summed E-state index contributed by atoms with van der Waals surface area (Å²) in [6, 6.07) is 19.6. The number of hydrogen-bond donors (Lipinski definition) is 2. The number of carbonyl (C=O) groups excluding carboxylic acids is 1. The summed E-state index contributed by atoms with van der Waals surface area (Å²) in [5.41, 5.74) is 10.0. The lowest BCUT2D eigenvalue weighted by atomic mass is 9.87. The zero-order valence-electron chi connectivity index (χ0n) is 21.4. The lowest BCUT2D eigenvalue weighted by molar-refractivity contribution is -0.119. The molecular weight excluding hydrogens is 484 g/mol. The van der Waals surface area contributed by atoms with E-state index in [4.69, 9.17) is 4.74 Å². The largest absolute Gasteiger partial charge is 0.497 e. The van der Waals surface area contributed by atoms with Crippen molar-refractivity contribution in [3.05, 3.63) is 90.8 Å². The van der Waals surface area contributed by atoms with Gasteiger partial charge in [-0.3, -0.25) is 25.2 Å². The SMILES string of the molecule is C=C(NNC(=O)CSc1nnc(-c2ccc(C(C)(C)C)cc2)n1-c1ccc(OC)cc1)c1ccncc1. The van der Waals surface area contributed by atoms with Gasteiger partial charge in [0.15, 0.2) is 11.0 Å². The fourth-order valence-electron chi connectivity index (χ4n) is 3.57. The monoisotopic (exact) mass is 514 g/mol. The van der Waals surface area contributed by atoms with Crippen LogP contribution in [-0.2, 0) is 10.2 Å². The van der Waals surface area contributed by atoms with Crippen LogP contribution in [0.15, 0.2) is 84.8 Å². The highest BCUT2D eigenvalue weighted by atomic mass is 32.2. The van der Waals surface area contributed by atoms with Crippen LogP contribution < -0.4 is 15.6 Å². The van der Waals surface area contributed by atoms with Gasteiger partial charge in [-0.15, -0.1) is 10.2 Å². The molecule has 0 aliphatic carbocycles. The normalized spacial score (nSPS) is 11.1. The van der Waals surface area contributed by atoms with Crippen LogP contribution in [0.3, 0.4) is 0 Å². The van der Waals surface area contributed by atoms with Crippen molar-refractivity contribution in [2.45, 2.75) is 31.3 Å². The third-order valence-electron chi connectivity index (χ3n) is 5.69. The number of methoxy groups -OCH3 is 1. The number of thioether (sulfide) groups is 1. The standard InChI is InChI=1S/C28H30N6O2S/c1-19(20-14-16-29-17-15-20)30-31-25(35)18-37-27-33-32-26(21-6-8-22(9-7-21)28(2,3)4)34(27)23-10-12-24(36-5)13-11-23/h6-17,30H,1,18H2,2-5H3,(H,31,35). The highest BCUT2D eigenvalue weighted by Gasteiger charge is 2.19. The number of rotatable bonds is 9. The Hall–Kier alpha value is -4.11. The number of hydrazine groups is 1. The number of carbonyl (C=O) groups is 1. The average Bonchev–Trinajstić information content (AvgIpc) is 3.34. The van der Waals surface area contributed by atoms with Crippen molar-refractivity contribution in [1.29, 1.82) is 0 Å². The van der Waals surface area contributed by atoms with Crippen LogP contribution in [0.25, 0.3) is 22.8 Å². The Balaban J connectivity index is 1.54. The minimum atomic E-state index is -0.222. The Morgan fingerprint density at radius 1 is 0.973 bits per heavy atom. The molecule has 2 heterocycles. The highest BCUT2D eigenvalue weighted by molar-refractivity contribution is 7.99. The Morgan fingerprint density at radius 3 is 2.27 bits per heavy atom. The number of ether oxygens (including phenoxy) is 1. The second kappa shape index (κ2) is 11.3. The minimum absolute atomic E-state index is 0.0489. The molecule has 0 spiro atoms. The van der Waals surface area contributed by atoms with Gasteiger partial charge in [0.1, 0.15) is 5.75 Å². The summed E-state index contributed by atoms with van der Waals surface area (Å²) < 4.78 is 7.27. The summed E-state index contributed by atoms with van der Waals surface area (Å²) >= 11 is 1.30. The second-order valence-electron chi connectivity index (χ2n) is 9.34. The summed E-state index contributed by atoms with van der Waals surface area (Å²) in [7, 11) is 1.63. The topological polar surface area (TPSA) is 94.0 Å². The number of amides is 1. The van der Waals surface area contributed by atoms with Crippen molar-refractivity contribution in [3.63, 3.8) is 0 Å². The number of nitrogens with one attached hydrogen (secondary N) is 2. The molecule has 0 aliphatic heterocycles. The third-order valence-corrected chi connectivity index (χ3v) is 6.62. The van der Waals surface area contributed by atoms with Crippen LogP contribution in [0.4, 0.5) is 0 Å². The molecule has 2 N–H and O–H groups in total. The van der Waals surface area contributed by atoms with Gasteiger partial charge in [-0.25, -0.2) is 0 Å². The van der Waals surface area contributed by atoms with E-state index in [1.807, 2.05) is 41.0 Å². The Morgan fingerprint density at radius 2 is 1.65 bits per heavy atom. The fraction of sp³-hybridized carbons (Fsp3) is 0.214. The first kappa shape index (κ1) is 26.0. The van der Waals surface area contributed by atoms with Crippen LogP contribution in [-0.4, -0.2) is 38.5 Å². The van der Waals surface area contributed by atoms with Crippen molar-refractivity contribution < 1.29 is 9.53 Å². The smallest absolute Gasteiger partial charge is 0.248 e. The molecule has 190 valence electrons. The predicted octanol–water partition coefficient (Wildman–Crippen LogP) is 5.02. The Bertz CT molecular complexity index is 1360. The number of benzene rings is 2. The highest BCUT2D eigenvalue weighted by Crippen LogP contribution is 2.30. The van der Waals surface area contributed by atoms with Crippen molar-refractivity contribution in [2.24, 2.45) is 0 Å². The van der Waals surface area contributed by atoms with Crippen molar-refractivity contribution >= 4 is 23.4 Å². The van der Waals surface area contributed by atoms with Crippen LogP contribution in [0.2, 0.25) is 0 Å². The fourth-order valence-corrected chi connectivity index (χ4v) is 4.32. The lowest BCUT2D eigenvalue weighted by Crippen LogP contribution is -2.37. The lowest BCUT2D eigenvalue weighted by Gasteiger charge is -2.19. The number of pyridine rings is 1. The molecule has 4 aromatic rings. The van der Waals surface area contributed by atoms with E-state index in [2.05, 4.69) is 77.6 Å². The summed E-state index contributed by atoms with van der Waals surface area (Å²) in [4.78, 5) is 16.6. The van der Waals surface area contributed by atoms with Crippen molar-refractivity contribution in [2.75, 3.05) is 12.9 Å². The molecule has 0 atom stereocenters. The van der Waals surface area contributed by atoms with Gasteiger partial charge in [0.05, 0.1) is 18.6 Å². The molecule has 0 radical (unpaired) electrons. The third kappa shape index (κ3) is 6.37. The van der Waals surface area contributed by atoms with Crippen LogP contribution >= 0.6 is 11.8 Å². The molecule has 4 rings (SSSR count). The maximum atomic E-state index is 12.6. The van der Waals surface area contributed by atoms with Crippen LogP contribution in [0.5, 0.6) is 5.75 Å². The first-order valence-electron chi connectivity index (χ1n) is 11.7. The molecule has 37 heavy (non-hydrogen) atoms. The van der Waals surface area contributed by atoms with Gasteiger partial charge in [-0.1, -0.05) is 63.4 Å². The molecule has 0 saturated heterocycles. The van der Waals surface area contributed by atoms with Gasteiger partial charge in [0, 0.05) is 29.2 Å². The van der Waals surface area contributed by atoms with Gasteiger partial charge >= 0.3 is 0 Å². The first-order valence-corrected chi connectivity index (χ1v) is 12.7. The van der Waals surface area contributed by atoms with Gasteiger partial charge < -0.3 is 4.74 Å². The molecule has 0 aliphatic rings. The predicted molar refractivity (Wildman–Crippen MR) is 147 cm³/mol. The maximum absolute atomic E-state index is 12.6. The zero-order chi connectivity index (χ0) is 26.4. The maximum Gasteiger partial charge on any atom is 0.248 e. The number of hydrogen-bond acceptors (Lipinski definition) is 7. The molecule has 0 unspecified atom stereocenters. The summed E-state index contributed by atoms with van der Waals surface area (Å²) in [6.07, 6.45) is 3.33. The van der Waals surface area contributed by atoms with Gasteiger partial charge in [-0.2, -0.15) is 0 Å². The molecule has 2 aromatic carbocycles. The van der Waals surface area contributed by atoms with Crippen LogP contribution in [0.1, 0.15) is 31.9 Å². The molecular formula is C28H30N6O2S. The van der Waals surface area contributed by atoms with E-state index in [1.54, 1.807) is 19.5 Å². The van der Waals surface area contributed by atoms with E-state index in [1.165, 1.54) is 17.3 Å².